The molecule has 0 heterocycles. The number of aliphatic hydroxyl groups is 1. The Morgan fingerprint density at radius 2 is 1.61 bits per heavy atom. The van der Waals surface area contributed by atoms with Gasteiger partial charge >= 0.3 is 0 Å². The Morgan fingerprint density at radius 3 is 2.30 bits per heavy atom. The van der Waals surface area contributed by atoms with Gasteiger partial charge in [-0.05, 0) is 116 Å². The van der Waals surface area contributed by atoms with E-state index in [0.717, 1.165) is 12.3 Å². The first-order valence-corrected chi connectivity index (χ1v) is 13.7. The Bertz CT molecular complexity index is 839. The molecule has 2 N–H and O–H groups in total. The summed E-state index contributed by atoms with van der Waals surface area (Å²) in [4.78, 5) is 4.77. The molecule has 0 aromatic rings. The lowest BCUT2D eigenvalue weighted by atomic mass is 9.42. The number of hydrogen-bond donors (Lipinski definition) is 2. The molecule has 33 heavy (non-hydrogen) atoms. The number of rotatable bonds is 5. The molecule has 0 aliphatic heterocycles. The molecule has 5 aliphatic carbocycles. The Balaban J connectivity index is 1.45. The van der Waals surface area contributed by atoms with Gasteiger partial charge in [0, 0.05) is 5.92 Å². The largest absolute Gasteiger partial charge is 0.393 e. The van der Waals surface area contributed by atoms with Crippen LogP contribution in [0, 0.1) is 50.7 Å². The van der Waals surface area contributed by atoms with E-state index in [4.69, 9.17) is 4.89 Å². The third-order valence-electron chi connectivity index (χ3n) is 12.7. The maximum Gasteiger partial charge on any atom is 0.0885 e. The summed E-state index contributed by atoms with van der Waals surface area (Å²) in [6.45, 7) is 14.6. The Kier molecular flexibility index (Phi) is 5.60. The molecule has 0 amide bonds. The van der Waals surface area contributed by atoms with Crippen molar-refractivity contribution in [2.24, 2.45) is 50.7 Å². The minimum atomic E-state index is -0.130. The Morgan fingerprint density at radius 1 is 0.909 bits per heavy atom. The lowest BCUT2D eigenvalue weighted by Gasteiger charge is -2.63. The van der Waals surface area contributed by atoms with Crippen LogP contribution in [0.4, 0.5) is 0 Å². The molecule has 0 bridgehead atoms. The highest BCUT2D eigenvalue weighted by Gasteiger charge is 2.82. The van der Waals surface area contributed by atoms with Gasteiger partial charge in [0.05, 0.1) is 12.7 Å². The fraction of sp³-hybridized carbons (Fsp3) is 0.867. The number of allylic oxidation sites excluding steroid dienone is 3. The molecule has 3 heteroatoms. The van der Waals surface area contributed by atoms with Crippen LogP contribution in [-0.2, 0) is 4.89 Å². The van der Waals surface area contributed by atoms with Crippen LogP contribution in [0.1, 0.15) is 99.3 Å². The molecule has 9 unspecified atom stereocenters. The summed E-state index contributed by atoms with van der Waals surface area (Å²) in [6.07, 6.45) is 18.1. The second kappa shape index (κ2) is 7.68. The lowest BCUT2D eigenvalue weighted by Crippen LogP contribution is -2.57. The molecule has 3 nitrogen and oxygen atoms in total. The van der Waals surface area contributed by atoms with Gasteiger partial charge in [0.2, 0.25) is 0 Å². The van der Waals surface area contributed by atoms with Crippen LogP contribution in [-0.4, -0.2) is 23.1 Å². The molecule has 2 spiro atoms. The molecule has 0 saturated heterocycles. The average Bonchev–Trinajstić information content (AvgIpc) is 3.33. The van der Waals surface area contributed by atoms with Gasteiger partial charge in [0.15, 0.2) is 0 Å². The van der Waals surface area contributed by atoms with Gasteiger partial charge in [0.1, 0.15) is 0 Å². The molecule has 0 aromatic heterocycles. The van der Waals surface area contributed by atoms with E-state index in [1.807, 2.05) is 0 Å². The predicted molar refractivity (Wildman–Crippen MR) is 134 cm³/mol. The molecular weight excluding hydrogens is 408 g/mol. The van der Waals surface area contributed by atoms with Crippen molar-refractivity contribution in [3.05, 3.63) is 23.8 Å². The van der Waals surface area contributed by atoms with Gasteiger partial charge in [-0.3, -0.25) is 5.26 Å². The van der Waals surface area contributed by atoms with E-state index in [1.54, 1.807) is 0 Å². The summed E-state index contributed by atoms with van der Waals surface area (Å²) in [6, 6.07) is 0. The number of fused-ring (bicyclic) bond motifs is 2. The van der Waals surface area contributed by atoms with E-state index >= 15 is 0 Å². The second-order valence-electron chi connectivity index (χ2n) is 14.1. The first-order valence-electron chi connectivity index (χ1n) is 13.7. The molecule has 5 rings (SSSR count). The fourth-order valence-electron chi connectivity index (χ4n) is 10.9. The minimum Gasteiger partial charge on any atom is -0.393 e. The summed E-state index contributed by atoms with van der Waals surface area (Å²) in [5.41, 5.74) is 3.04. The highest BCUT2D eigenvalue weighted by Crippen LogP contribution is 2.89. The van der Waals surface area contributed by atoms with Crippen molar-refractivity contribution in [3.63, 3.8) is 0 Å². The van der Waals surface area contributed by atoms with Gasteiger partial charge in [0.25, 0.3) is 0 Å². The summed E-state index contributed by atoms with van der Waals surface area (Å²) < 4.78 is 0. The van der Waals surface area contributed by atoms with E-state index in [9.17, 15) is 10.4 Å². The summed E-state index contributed by atoms with van der Waals surface area (Å²) in [5.74, 6) is 2.33. The van der Waals surface area contributed by atoms with Gasteiger partial charge in [-0.2, -0.15) is 0 Å². The molecule has 5 fully saturated rings. The minimum absolute atomic E-state index is 0.0614. The normalized spacial score (nSPS) is 50.7. The van der Waals surface area contributed by atoms with Gasteiger partial charge < -0.3 is 5.11 Å². The fourth-order valence-corrected chi connectivity index (χ4v) is 10.9. The smallest absolute Gasteiger partial charge is 0.0885 e. The predicted octanol–water partition coefficient (Wildman–Crippen LogP) is 7.41. The zero-order valence-corrected chi connectivity index (χ0v) is 22.0. The van der Waals surface area contributed by atoms with Crippen molar-refractivity contribution in [2.45, 2.75) is 105 Å². The zero-order valence-electron chi connectivity index (χ0n) is 22.0. The van der Waals surface area contributed by atoms with Crippen molar-refractivity contribution in [3.8, 4) is 0 Å². The maximum atomic E-state index is 10.9. The molecule has 0 radical (unpaired) electrons. The van der Waals surface area contributed by atoms with Gasteiger partial charge in [-0.15, -0.1) is 0 Å². The molecule has 5 aliphatic rings. The van der Waals surface area contributed by atoms with Crippen LogP contribution < -0.4 is 0 Å². The topological polar surface area (TPSA) is 49.7 Å². The molecule has 0 aromatic carbocycles. The second-order valence-corrected chi connectivity index (χ2v) is 14.1. The highest BCUT2D eigenvalue weighted by molar-refractivity contribution is 5.31. The first kappa shape index (κ1) is 24.1. The lowest BCUT2D eigenvalue weighted by molar-refractivity contribution is -0.254. The van der Waals surface area contributed by atoms with Crippen molar-refractivity contribution in [2.75, 3.05) is 6.61 Å². The SMILES string of the molecule is CC(C)=CC=CC(COO)C1CCC2(C)C3CCC4C(C)(C)C(O)CCC45CC35CCC12C. The third-order valence-corrected chi connectivity index (χ3v) is 12.7. The summed E-state index contributed by atoms with van der Waals surface area (Å²) in [7, 11) is 0. The zero-order chi connectivity index (χ0) is 23.9. The van der Waals surface area contributed by atoms with Crippen LogP contribution in [0.15, 0.2) is 23.8 Å². The third kappa shape index (κ3) is 3.04. The van der Waals surface area contributed by atoms with E-state index in [1.165, 1.54) is 56.9 Å². The summed E-state index contributed by atoms with van der Waals surface area (Å²) >= 11 is 0. The van der Waals surface area contributed by atoms with Gasteiger partial charge in [-0.25, -0.2) is 4.89 Å². The first-order chi connectivity index (χ1) is 15.5. The quantitative estimate of drug-likeness (QED) is 0.257. The van der Waals surface area contributed by atoms with Gasteiger partial charge in [-0.1, -0.05) is 51.5 Å². The molecule has 5 saturated carbocycles. The van der Waals surface area contributed by atoms with E-state index in [2.05, 4.69) is 59.8 Å². The van der Waals surface area contributed by atoms with E-state index in [-0.39, 0.29) is 17.4 Å². The van der Waals surface area contributed by atoms with Crippen LogP contribution in [0.3, 0.4) is 0 Å². The standard InChI is InChI=1S/C30H48O3/c1-20(2)8-7-9-21(18-33-32)22-12-14-28(6)24-11-10-23-26(3,4)25(31)13-15-29(23)19-30(24,29)17-16-27(22,28)5/h7-9,21-25,31-32H,10-19H2,1-6H3. The molecule has 186 valence electrons. The molecular formula is C30H48O3. The van der Waals surface area contributed by atoms with E-state index in [0.29, 0.717) is 40.1 Å². The summed E-state index contributed by atoms with van der Waals surface area (Å²) in [5, 5.41) is 20.3. The number of hydrogen-bond acceptors (Lipinski definition) is 3. The van der Waals surface area contributed by atoms with Crippen molar-refractivity contribution in [1.82, 2.24) is 0 Å². The average molecular weight is 457 g/mol. The van der Waals surface area contributed by atoms with Crippen molar-refractivity contribution >= 4 is 0 Å². The van der Waals surface area contributed by atoms with Crippen molar-refractivity contribution < 1.29 is 15.3 Å². The number of aliphatic hydroxyl groups excluding tert-OH is 1. The van der Waals surface area contributed by atoms with Crippen LogP contribution in [0.5, 0.6) is 0 Å². The van der Waals surface area contributed by atoms with Crippen LogP contribution >= 0.6 is 0 Å². The van der Waals surface area contributed by atoms with Crippen LogP contribution in [0.25, 0.3) is 0 Å². The monoisotopic (exact) mass is 456 g/mol. The molecule has 9 atom stereocenters. The highest BCUT2D eigenvalue weighted by atomic mass is 17.1. The maximum absolute atomic E-state index is 10.9. The Hall–Kier alpha value is -0.640. The van der Waals surface area contributed by atoms with Crippen LogP contribution in [0.2, 0.25) is 0 Å². The van der Waals surface area contributed by atoms with E-state index < -0.39 is 0 Å². The Labute approximate surface area is 202 Å². The van der Waals surface area contributed by atoms with Crippen molar-refractivity contribution in [1.29, 1.82) is 0 Å².